The minimum Gasteiger partial charge on any atom is -0.478 e. The van der Waals surface area contributed by atoms with Crippen molar-refractivity contribution in [1.82, 2.24) is 0 Å². The van der Waals surface area contributed by atoms with E-state index in [0.717, 1.165) is 0 Å². The molecule has 0 aliphatic rings. The Kier molecular flexibility index (Phi) is 6.01. The van der Waals surface area contributed by atoms with Crippen molar-refractivity contribution in [2.45, 2.75) is 18.7 Å². The molecule has 0 aliphatic carbocycles. The zero-order chi connectivity index (χ0) is 13.5. The molecular formula is C13H18O4S. The minimum absolute atomic E-state index is 0.156. The summed E-state index contributed by atoms with van der Waals surface area (Å²) in [4.78, 5) is 11.3. The molecule has 0 spiro atoms. The Hall–Kier alpha value is -1.20. The van der Waals surface area contributed by atoms with Crippen molar-refractivity contribution in [2.75, 3.05) is 19.0 Å². The Morgan fingerprint density at radius 3 is 2.78 bits per heavy atom. The van der Waals surface area contributed by atoms with Gasteiger partial charge in [-0.1, -0.05) is 19.9 Å². The maximum atomic E-state index is 11.9. The highest BCUT2D eigenvalue weighted by molar-refractivity contribution is 7.85. The number of carbonyl (C=O) groups is 1. The topological polar surface area (TPSA) is 63.6 Å². The van der Waals surface area contributed by atoms with E-state index in [2.05, 4.69) is 0 Å². The molecule has 0 bridgehead atoms. The van der Waals surface area contributed by atoms with Crippen molar-refractivity contribution in [1.29, 1.82) is 0 Å². The molecule has 100 valence electrons. The van der Waals surface area contributed by atoms with E-state index in [1.54, 1.807) is 12.1 Å². The number of benzene rings is 1. The molecule has 1 rings (SSSR count). The molecule has 5 heteroatoms. The van der Waals surface area contributed by atoms with Crippen molar-refractivity contribution in [2.24, 2.45) is 5.92 Å². The molecule has 1 aromatic carbocycles. The summed E-state index contributed by atoms with van der Waals surface area (Å²) in [6.07, 6.45) is 0. The van der Waals surface area contributed by atoms with Gasteiger partial charge in [0.2, 0.25) is 0 Å². The molecule has 1 atom stereocenters. The van der Waals surface area contributed by atoms with Gasteiger partial charge in [-0.25, -0.2) is 4.79 Å². The van der Waals surface area contributed by atoms with E-state index in [4.69, 9.17) is 9.84 Å². The monoisotopic (exact) mass is 270 g/mol. The maximum absolute atomic E-state index is 11.9. The van der Waals surface area contributed by atoms with E-state index in [1.165, 1.54) is 12.1 Å². The summed E-state index contributed by atoms with van der Waals surface area (Å²) in [6, 6.07) is 6.20. The second-order valence-corrected chi connectivity index (χ2v) is 5.92. The van der Waals surface area contributed by atoms with Gasteiger partial charge in [-0.05, 0) is 24.1 Å². The van der Waals surface area contributed by atoms with Crippen LogP contribution in [0.3, 0.4) is 0 Å². The third-order valence-electron chi connectivity index (χ3n) is 2.21. The third kappa shape index (κ3) is 4.98. The molecule has 0 amide bonds. The summed E-state index contributed by atoms with van der Waals surface area (Å²) >= 11 is 0. The van der Waals surface area contributed by atoms with Gasteiger partial charge >= 0.3 is 5.97 Å². The van der Waals surface area contributed by atoms with Crippen LogP contribution >= 0.6 is 0 Å². The average molecular weight is 270 g/mol. The Balaban J connectivity index is 2.51. The molecule has 18 heavy (non-hydrogen) atoms. The number of hydrogen-bond donors (Lipinski definition) is 1. The molecule has 0 heterocycles. The predicted octanol–water partition coefficient (Wildman–Crippen LogP) is 2.17. The van der Waals surface area contributed by atoms with Gasteiger partial charge in [0.15, 0.2) is 0 Å². The smallest absolute Gasteiger partial charge is 0.335 e. The SMILES string of the molecule is CC(C)COCCS(=O)c1cccc(C(=O)O)c1. The first kappa shape index (κ1) is 14.9. The summed E-state index contributed by atoms with van der Waals surface area (Å²) < 4.78 is 17.3. The summed E-state index contributed by atoms with van der Waals surface area (Å²) in [5, 5.41) is 8.84. The molecular weight excluding hydrogens is 252 g/mol. The molecule has 1 N–H and O–H groups in total. The zero-order valence-electron chi connectivity index (χ0n) is 10.6. The first-order valence-electron chi connectivity index (χ1n) is 5.80. The summed E-state index contributed by atoms with van der Waals surface area (Å²) in [5.74, 6) is -0.172. The van der Waals surface area contributed by atoms with E-state index in [9.17, 15) is 9.00 Å². The van der Waals surface area contributed by atoms with Crippen LogP contribution in [0.1, 0.15) is 24.2 Å². The molecule has 1 aromatic rings. The molecule has 1 unspecified atom stereocenters. The van der Waals surface area contributed by atoms with Gasteiger partial charge < -0.3 is 9.84 Å². The van der Waals surface area contributed by atoms with Crippen molar-refractivity contribution in [3.8, 4) is 0 Å². The summed E-state index contributed by atoms with van der Waals surface area (Å²) in [7, 11) is -1.21. The lowest BCUT2D eigenvalue weighted by molar-refractivity contribution is 0.0696. The van der Waals surface area contributed by atoms with Crippen LogP contribution in [0.2, 0.25) is 0 Å². The van der Waals surface area contributed by atoms with E-state index in [-0.39, 0.29) is 5.56 Å². The van der Waals surface area contributed by atoms with E-state index >= 15 is 0 Å². The van der Waals surface area contributed by atoms with E-state index in [1.807, 2.05) is 13.8 Å². The van der Waals surface area contributed by atoms with Crippen LogP contribution in [-0.2, 0) is 15.5 Å². The Labute approximate surface area is 109 Å². The number of rotatable bonds is 7. The molecule has 0 aromatic heterocycles. The second-order valence-electron chi connectivity index (χ2n) is 4.35. The maximum Gasteiger partial charge on any atom is 0.335 e. The van der Waals surface area contributed by atoms with Crippen LogP contribution in [0.4, 0.5) is 0 Å². The first-order chi connectivity index (χ1) is 8.50. The van der Waals surface area contributed by atoms with Gasteiger partial charge in [0.1, 0.15) is 0 Å². The number of hydrogen-bond acceptors (Lipinski definition) is 3. The lowest BCUT2D eigenvalue weighted by Gasteiger charge is -2.07. The molecule has 0 saturated heterocycles. The van der Waals surface area contributed by atoms with Crippen molar-refractivity contribution < 1.29 is 18.8 Å². The third-order valence-corrected chi connectivity index (χ3v) is 3.53. The predicted molar refractivity (Wildman–Crippen MR) is 70.3 cm³/mol. The summed E-state index contributed by atoms with van der Waals surface area (Å²) in [5.41, 5.74) is 0.156. The van der Waals surface area contributed by atoms with Crippen molar-refractivity contribution in [3.63, 3.8) is 0 Å². The van der Waals surface area contributed by atoms with Gasteiger partial charge in [-0.2, -0.15) is 0 Å². The lowest BCUT2D eigenvalue weighted by Crippen LogP contribution is -2.10. The normalized spacial score (nSPS) is 12.6. The van der Waals surface area contributed by atoms with Crippen molar-refractivity contribution in [3.05, 3.63) is 29.8 Å². The molecule has 0 radical (unpaired) electrons. The fourth-order valence-corrected chi connectivity index (χ4v) is 2.34. The highest BCUT2D eigenvalue weighted by atomic mass is 32.2. The van der Waals surface area contributed by atoms with Crippen LogP contribution in [0.25, 0.3) is 0 Å². The fraction of sp³-hybridized carbons (Fsp3) is 0.462. The second kappa shape index (κ2) is 7.28. The summed E-state index contributed by atoms with van der Waals surface area (Å²) in [6.45, 7) is 5.16. The molecule has 4 nitrogen and oxygen atoms in total. The minimum atomic E-state index is -1.21. The Morgan fingerprint density at radius 1 is 1.44 bits per heavy atom. The van der Waals surface area contributed by atoms with Gasteiger partial charge in [0.25, 0.3) is 0 Å². The number of carboxylic acids is 1. The number of aromatic carboxylic acids is 1. The fourth-order valence-electron chi connectivity index (χ4n) is 1.34. The van der Waals surface area contributed by atoms with E-state index in [0.29, 0.717) is 29.8 Å². The number of carboxylic acid groups (broad SMARTS) is 1. The quantitative estimate of drug-likeness (QED) is 0.771. The lowest BCUT2D eigenvalue weighted by atomic mass is 10.2. The zero-order valence-corrected chi connectivity index (χ0v) is 11.4. The van der Waals surface area contributed by atoms with Gasteiger partial charge in [0.05, 0.1) is 28.7 Å². The molecule has 0 fully saturated rings. The van der Waals surface area contributed by atoms with Crippen LogP contribution < -0.4 is 0 Å². The van der Waals surface area contributed by atoms with E-state index < -0.39 is 16.8 Å². The van der Waals surface area contributed by atoms with Gasteiger partial charge in [-0.15, -0.1) is 0 Å². The van der Waals surface area contributed by atoms with Crippen LogP contribution in [0.5, 0.6) is 0 Å². The Morgan fingerprint density at radius 2 is 2.17 bits per heavy atom. The Bertz CT molecular complexity index is 429. The molecule has 0 saturated carbocycles. The van der Waals surface area contributed by atoms with Crippen LogP contribution in [-0.4, -0.2) is 34.3 Å². The van der Waals surface area contributed by atoms with Gasteiger partial charge in [-0.3, -0.25) is 4.21 Å². The van der Waals surface area contributed by atoms with Crippen LogP contribution in [0, 0.1) is 5.92 Å². The van der Waals surface area contributed by atoms with Gasteiger partial charge in [0, 0.05) is 11.5 Å². The average Bonchev–Trinajstić information content (AvgIpc) is 2.34. The largest absolute Gasteiger partial charge is 0.478 e. The number of ether oxygens (including phenoxy) is 1. The van der Waals surface area contributed by atoms with Crippen molar-refractivity contribution >= 4 is 16.8 Å². The first-order valence-corrected chi connectivity index (χ1v) is 7.12. The highest BCUT2D eigenvalue weighted by Crippen LogP contribution is 2.10. The van der Waals surface area contributed by atoms with Crippen LogP contribution in [0.15, 0.2) is 29.2 Å². The highest BCUT2D eigenvalue weighted by Gasteiger charge is 2.08. The molecule has 0 aliphatic heterocycles. The standard InChI is InChI=1S/C13H18O4S/c1-10(2)9-17-6-7-18(16)12-5-3-4-11(8-12)13(14)15/h3-5,8,10H,6-7,9H2,1-2H3,(H,14,15).